The van der Waals surface area contributed by atoms with E-state index in [1.54, 1.807) is 22.9 Å². The lowest BCUT2D eigenvalue weighted by atomic mass is 9.55. The maximum atomic E-state index is 13.1. The van der Waals surface area contributed by atoms with E-state index in [0.29, 0.717) is 43.4 Å². The Morgan fingerprint density at radius 2 is 1.71 bits per heavy atom. The summed E-state index contributed by atoms with van der Waals surface area (Å²) in [4.78, 5) is 6.08. The van der Waals surface area contributed by atoms with Gasteiger partial charge in [-0.05, 0) is 87.0 Å². The molecule has 0 radical (unpaired) electrons. The van der Waals surface area contributed by atoms with Crippen LogP contribution in [0.25, 0.3) is 0 Å². The number of aliphatic hydroxyl groups excluding tert-OH is 2. The monoisotopic (exact) mass is 682 g/mol. The highest BCUT2D eigenvalue weighted by molar-refractivity contribution is 6.02. The highest BCUT2D eigenvalue weighted by Crippen LogP contribution is 2.62. The Labute approximate surface area is 286 Å². The van der Waals surface area contributed by atoms with Crippen molar-refractivity contribution in [3.63, 3.8) is 0 Å². The van der Waals surface area contributed by atoms with Crippen molar-refractivity contribution in [1.29, 1.82) is 0 Å². The van der Waals surface area contributed by atoms with Crippen LogP contribution in [0.5, 0.6) is 17.4 Å². The zero-order valence-electron chi connectivity index (χ0n) is 28.1. The number of unbranched alkanes of at least 4 members (excludes halogenated alkanes) is 2. The molecular formula is C36H50N4O9. The van der Waals surface area contributed by atoms with Crippen molar-refractivity contribution < 1.29 is 44.2 Å². The summed E-state index contributed by atoms with van der Waals surface area (Å²) in [5, 5.41) is 56.6. The Balaban J connectivity index is 1.35. The summed E-state index contributed by atoms with van der Waals surface area (Å²) in [6.45, 7) is 1.44. The minimum atomic E-state index is -1.80. The largest absolute Gasteiger partial charge is 0.508 e. The van der Waals surface area contributed by atoms with Gasteiger partial charge in [-0.2, -0.15) is 0 Å². The topological polar surface area (TPSA) is 170 Å². The lowest BCUT2D eigenvalue weighted by Gasteiger charge is -2.56. The molecule has 13 heteroatoms. The van der Waals surface area contributed by atoms with Gasteiger partial charge in [0, 0.05) is 44.0 Å². The highest BCUT2D eigenvalue weighted by atomic mass is 16.8. The van der Waals surface area contributed by atoms with Crippen LogP contribution in [0.15, 0.2) is 41.2 Å². The van der Waals surface area contributed by atoms with Crippen molar-refractivity contribution >= 4 is 5.71 Å². The van der Waals surface area contributed by atoms with Gasteiger partial charge in [-0.3, -0.25) is 0 Å². The van der Waals surface area contributed by atoms with Gasteiger partial charge in [-0.25, -0.2) is 4.68 Å². The SMILES string of the molecule is OCCCC[C@H]1[C@@H]2c3cc(O)ccc3O[C@@]3(O)[C@@H]2C(=C[C@@H]1CCCCO)C(=NOC1CCCCO1)C[C@@H]3n1nncc1OC1CCCCO1. The Morgan fingerprint density at radius 1 is 0.959 bits per heavy atom. The molecule has 1 saturated carbocycles. The third kappa shape index (κ3) is 7.05. The van der Waals surface area contributed by atoms with Crippen molar-refractivity contribution in [2.75, 3.05) is 26.4 Å². The van der Waals surface area contributed by atoms with Crippen molar-refractivity contribution in [2.24, 2.45) is 22.9 Å². The van der Waals surface area contributed by atoms with Crippen molar-refractivity contribution in [3.8, 4) is 17.4 Å². The fraction of sp³-hybridized carbons (Fsp3) is 0.694. The van der Waals surface area contributed by atoms with Gasteiger partial charge in [0.1, 0.15) is 23.7 Å². The van der Waals surface area contributed by atoms with Crippen LogP contribution < -0.4 is 9.47 Å². The normalized spacial score (nSPS) is 33.2. The molecule has 49 heavy (non-hydrogen) atoms. The van der Waals surface area contributed by atoms with Crippen molar-refractivity contribution in [3.05, 3.63) is 41.6 Å². The van der Waals surface area contributed by atoms with Crippen LogP contribution in [0.3, 0.4) is 0 Å². The van der Waals surface area contributed by atoms with E-state index in [-0.39, 0.29) is 43.1 Å². The number of phenols is 1. The Morgan fingerprint density at radius 3 is 2.45 bits per heavy atom. The second-order valence-electron chi connectivity index (χ2n) is 14.1. The fourth-order valence-electron chi connectivity index (χ4n) is 8.60. The molecule has 3 aliphatic heterocycles. The summed E-state index contributed by atoms with van der Waals surface area (Å²) in [6, 6.07) is 4.25. The van der Waals surface area contributed by atoms with Crippen LogP contribution in [0.4, 0.5) is 0 Å². The summed E-state index contributed by atoms with van der Waals surface area (Å²) in [5.41, 5.74) is 2.34. The first-order chi connectivity index (χ1) is 24.0. The van der Waals surface area contributed by atoms with E-state index >= 15 is 0 Å². The molecule has 4 heterocycles. The molecule has 7 rings (SSSR count). The first-order valence-electron chi connectivity index (χ1n) is 18.2. The lowest BCUT2D eigenvalue weighted by Crippen LogP contribution is -2.62. The second kappa shape index (κ2) is 15.3. The Bertz CT molecular complexity index is 1470. The van der Waals surface area contributed by atoms with E-state index in [2.05, 4.69) is 16.4 Å². The highest BCUT2D eigenvalue weighted by Gasteiger charge is 2.63. The fourth-order valence-corrected chi connectivity index (χ4v) is 8.60. The number of aromatic nitrogens is 3. The Kier molecular flexibility index (Phi) is 10.7. The Hall–Kier alpha value is -3.23. The quantitative estimate of drug-likeness (QED) is 0.170. The number of benzene rings is 1. The minimum Gasteiger partial charge on any atom is -0.508 e. The number of ether oxygens (including phenoxy) is 4. The van der Waals surface area contributed by atoms with E-state index in [1.165, 1.54) is 6.20 Å². The van der Waals surface area contributed by atoms with Crippen LogP contribution in [0.2, 0.25) is 0 Å². The summed E-state index contributed by atoms with van der Waals surface area (Å²) in [5.74, 6) is -1.57. The van der Waals surface area contributed by atoms with Gasteiger partial charge < -0.3 is 44.2 Å². The van der Waals surface area contributed by atoms with E-state index in [4.69, 9.17) is 28.9 Å². The number of fused-ring (bicyclic) bond motifs is 2. The van der Waals surface area contributed by atoms with Gasteiger partial charge >= 0.3 is 0 Å². The molecular weight excluding hydrogens is 632 g/mol. The van der Waals surface area contributed by atoms with Gasteiger partial charge in [-0.1, -0.05) is 29.3 Å². The van der Waals surface area contributed by atoms with Crippen LogP contribution >= 0.6 is 0 Å². The van der Waals surface area contributed by atoms with E-state index < -0.39 is 30.3 Å². The molecule has 268 valence electrons. The zero-order valence-corrected chi connectivity index (χ0v) is 28.1. The summed E-state index contributed by atoms with van der Waals surface area (Å²) in [7, 11) is 0. The summed E-state index contributed by atoms with van der Waals surface area (Å²) < 4.78 is 26.3. The van der Waals surface area contributed by atoms with Crippen molar-refractivity contribution in [1.82, 2.24) is 15.0 Å². The number of aliphatic hydroxyl groups is 3. The molecule has 8 atom stereocenters. The van der Waals surface area contributed by atoms with E-state index in [0.717, 1.165) is 75.3 Å². The second-order valence-corrected chi connectivity index (χ2v) is 14.1. The number of hydrogen-bond acceptors (Lipinski definition) is 12. The molecule has 1 aromatic heterocycles. The molecule has 0 bridgehead atoms. The third-order valence-corrected chi connectivity index (χ3v) is 10.9. The predicted octanol–water partition coefficient (Wildman–Crippen LogP) is 4.71. The zero-order chi connectivity index (χ0) is 33.8. The molecule has 3 fully saturated rings. The minimum absolute atomic E-state index is 0.0414. The van der Waals surface area contributed by atoms with Crippen LogP contribution in [0.1, 0.15) is 101 Å². The first kappa shape index (κ1) is 34.2. The van der Waals surface area contributed by atoms with Crippen LogP contribution in [0, 0.1) is 17.8 Å². The maximum absolute atomic E-state index is 13.1. The van der Waals surface area contributed by atoms with Gasteiger partial charge in [0.2, 0.25) is 24.2 Å². The third-order valence-electron chi connectivity index (χ3n) is 10.9. The molecule has 2 aliphatic carbocycles. The molecule has 2 unspecified atom stereocenters. The molecule has 4 N–H and O–H groups in total. The molecule has 2 saturated heterocycles. The summed E-state index contributed by atoms with van der Waals surface area (Å²) in [6.07, 6.45) is 13.1. The molecule has 1 aromatic carbocycles. The maximum Gasteiger partial charge on any atom is 0.238 e. The number of hydrogen-bond donors (Lipinski definition) is 4. The van der Waals surface area contributed by atoms with Gasteiger partial charge in [0.05, 0.1) is 24.8 Å². The first-order valence-corrected chi connectivity index (χ1v) is 18.2. The average Bonchev–Trinajstić information content (AvgIpc) is 3.57. The molecule has 0 spiro atoms. The molecule has 2 aromatic rings. The average molecular weight is 683 g/mol. The predicted molar refractivity (Wildman–Crippen MR) is 177 cm³/mol. The molecule has 0 amide bonds. The van der Waals surface area contributed by atoms with Crippen LogP contribution in [-0.4, -0.2) is 85.9 Å². The van der Waals surface area contributed by atoms with Gasteiger partial charge in [-0.15, -0.1) is 5.10 Å². The molecule has 5 aliphatic rings. The smallest absolute Gasteiger partial charge is 0.238 e. The van der Waals surface area contributed by atoms with Crippen LogP contribution in [-0.2, 0) is 14.3 Å². The van der Waals surface area contributed by atoms with Gasteiger partial charge in [0.15, 0.2) is 0 Å². The number of phenolic OH excluding ortho intramolecular Hbond substituents is 1. The van der Waals surface area contributed by atoms with Gasteiger partial charge in [0.25, 0.3) is 0 Å². The standard InChI is InChI=1S/C36H50N4O9/c41-15-5-1-9-23-19-26-28(38-49-33-12-4-8-18-46-33)21-30(40-31(22-37-39-40)47-32-11-3-7-17-45-32)36(44)35(26)34(25(23)10-2-6-16-42)27-20-24(43)13-14-29(27)48-36/h13-14,19-20,22-23,25,30,32-35,41-44H,1-12,15-18,21H2/t23-,25+,30-,32?,33?,34+,35+,36+/m0/s1. The lowest BCUT2D eigenvalue weighted by molar-refractivity contribution is -0.227. The number of allylic oxidation sites excluding steroid dienone is 1. The number of nitrogens with zero attached hydrogens (tertiary/aromatic N) is 4. The van der Waals surface area contributed by atoms with E-state index in [1.807, 2.05) is 0 Å². The number of aromatic hydroxyl groups is 1. The summed E-state index contributed by atoms with van der Waals surface area (Å²) >= 11 is 0. The van der Waals surface area contributed by atoms with E-state index in [9.17, 15) is 20.4 Å². The number of rotatable bonds is 13. The number of oxime groups is 1. The molecule has 13 nitrogen and oxygen atoms in total. The van der Waals surface area contributed by atoms with Crippen molar-refractivity contribution in [2.45, 2.75) is 114 Å².